The van der Waals surface area contributed by atoms with Gasteiger partial charge in [0.05, 0.1) is 12.7 Å². The quantitative estimate of drug-likeness (QED) is 0.414. The maximum atomic E-state index is 12.4. The lowest BCUT2D eigenvalue weighted by molar-refractivity contribution is -0.136. The molecule has 1 N–H and O–H groups in total. The van der Waals surface area contributed by atoms with Crippen LogP contribution in [0.5, 0.6) is 11.5 Å². The number of carbonyl (C=O) groups excluding carboxylic acids is 1. The van der Waals surface area contributed by atoms with Gasteiger partial charge in [-0.15, -0.1) is 6.58 Å². The van der Waals surface area contributed by atoms with Crippen molar-refractivity contribution >= 4 is 12.0 Å². The molecule has 0 fully saturated rings. The van der Waals surface area contributed by atoms with Gasteiger partial charge in [-0.05, 0) is 31.6 Å². The van der Waals surface area contributed by atoms with Crippen molar-refractivity contribution in [2.24, 2.45) is 5.41 Å². The van der Waals surface area contributed by atoms with E-state index in [4.69, 9.17) is 14.2 Å². The monoisotopic (exact) mass is 386 g/mol. The van der Waals surface area contributed by atoms with E-state index < -0.39 is 17.0 Å². The smallest absolute Gasteiger partial charge is 0.334 e. The molecule has 5 heteroatoms. The molecule has 1 atom stereocenters. The molecule has 152 valence electrons. The standard InChI is InChI=1S/C23H30O5/c1-8-10-27-18-14-19-16(13-20(28-19)23(5,6)25)11-15(18)12-17(21(24)26-7)22(3,4)9-2/h8-9,11-12,14,20,25H,1-2,10,13H2,3-7H3/b17-12+/t20-/m0/s1. The Morgan fingerprint density at radius 2 is 2.00 bits per heavy atom. The summed E-state index contributed by atoms with van der Waals surface area (Å²) in [5.41, 5.74) is 0.583. The van der Waals surface area contributed by atoms with Crippen LogP contribution in [0.4, 0.5) is 0 Å². The SMILES string of the molecule is C=CCOc1cc2c(cc1/C=C(\C(=O)OC)C(C)(C)C=C)C[C@@H](C(C)(C)O)O2. The summed E-state index contributed by atoms with van der Waals surface area (Å²) in [6.45, 7) is 15.1. The van der Waals surface area contributed by atoms with E-state index in [1.165, 1.54) is 7.11 Å². The van der Waals surface area contributed by atoms with Crippen molar-refractivity contribution in [3.05, 3.63) is 54.1 Å². The van der Waals surface area contributed by atoms with Crippen molar-refractivity contribution in [1.29, 1.82) is 0 Å². The Hall–Kier alpha value is -2.53. The average Bonchev–Trinajstić information content (AvgIpc) is 3.06. The summed E-state index contributed by atoms with van der Waals surface area (Å²) in [6, 6.07) is 3.73. The van der Waals surface area contributed by atoms with Gasteiger partial charge in [0.1, 0.15) is 24.2 Å². The molecule has 0 saturated carbocycles. The highest BCUT2D eigenvalue weighted by Crippen LogP contribution is 2.40. The molecule has 0 radical (unpaired) electrons. The largest absolute Gasteiger partial charge is 0.489 e. The highest BCUT2D eigenvalue weighted by atomic mass is 16.5. The molecule has 0 amide bonds. The zero-order valence-corrected chi connectivity index (χ0v) is 17.4. The maximum absolute atomic E-state index is 12.4. The molecule has 2 rings (SSSR count). The fourth-order valence-corrected chi connectivity index (χ4v) is 2.95. The zero-order chi connectivity index (χ0) is 21.1. The van der Waals surface area contributed by atoms with Crippen molar-refractivity contribution in [2.75, 3.05) is 13.7 Å². The Morgan fingerprint density at radius 3 is 2.54 bits per heavy atom. The third kappa shape index (κ3) is 4.65. The zero-order valence-electron chi connectivity index (χ0n) is 17.4. The summed E-state index contributed by atoms with van der Waals surface area (Å²) in [7, 11) is 1.36. The van der Waals surface area contributed by atoms with Crippen LogP contribution in [0.25, 0.3) is 6.08 Å². The van der Waals surface area contributed by atoms with E-state index in [9.17, 15) is 9.90 Å². The van der Waals surface area contributed by atoms with Crippen LogP contribution in [0.15, 0.2) is 43.0 Å². The second-order valence-electron chi connectivity index (χ2n) is 8.04. The van der Waals surface area contributed by atoms with Crippen molar-refractivity contribution in [3.8, 4) is 11.5 Å². The minimum Gasteiger partial charge on any atom is -0.489 e. The van der Waals surface area contributed by atoms with Crippen molar-refractivity contribution in [2.45, 2.75) is 45.8 Å². The molecule has 0 saturated heterocycles. The number of fused-ring (bicyclic) bond motifs is 1. The van der Waals surface area contributed by atoms with Gasteiger partial charge in [0.25, 0.3) is 0 Å². The third-order valence-corrected chi connectivity index (χ3v) is 4.92. The number of allylic oxidation sites excluding steroid dienone is 1. The van der Waals surface area contributed by atoms with Crippen LogP contribution in [0.2, 0.25) is 0 Å². The van der Waals surface area contributed by atoms with Gasteiger partial charge >= 0.3 is 5.97 Å². The summed E-state index contributed by atoms with van der Waals surface area (Å²) in [4.78, 5) is 12.4. The lowest BCUT2D eigenvalue weighted by Crippen LogP contribution is -2.39. The first-order valence-electron chi connectivity index (χ1n) is 9.27. The highest BCUT2D eigenvalue weighted by Gasteiger charge is 2.35. The first kappa shape index (κ1) is 21.8. The Labute approximate surface area is 167 Å². The van der Waals surface area contributed by atoms with E-state index in [1.807, 2.05) is 19.9 Å². The molecule has 0 spiro atoms. The second-order valence-corrected chi connectivity index (χ2v) is 8.04. The van der Waals surface area contributed by atoms with E-state index in [2.05, 4.69) is 13.2 Å². The number of methoxy groups -OCH3 is 1. The van der Waals surface area contributed by atoms with Gasteiger partial charge in [-0.1, -0.05) is 32.6 Å². The molecule has 0 bridgehead atoms. The predicted octanol–water partition coefficient (Wildman–Crippen LogP) is 4.09. The van der Waals surface area contributed by atoms with Crippen LogP contribution < -0.4 is 9.47 Å². The van der Waals surface area contributed by atoms with Gasteiger partial charge in [0.15, 0.2) is 0 Å². The minimum atomic E-state index is -0.973. The van der Waals surface area contributed by atoms with Crippen LogP contribution in [0.3, 0.4) is 0 Å². The summed E-state index contributed by atoms with van der Waals surface area (Å²) >= 11 is 0. The average molecular weight is 386 g/mol. The lowest BCUT2D eigenvalue weighted by Gasteiger charge is -2.24. The van der Waals surface area contributed by atoms with Gasteiger partial charge in [-0.25, -0.2) is 4.79 Å². The number of aliphatic hydroxyl groups is 1. The van der Waals surface area contributed by atoms with Crippen LogP contribution >= 0.6 is 0 Å². The van der Waals surface area contributed by atoms with Crippen LogP contribution in [-0.2, 0) is 16.0 Å². The van der Waals surface area contributed by atoms with Gasteiger partial charge in [-0.2, -0.15) is 0 Å². The van der Waals surface area contributed by atoms with Gasteiger partial charge in [0.2, 0.25) is 0 Å². The van der Waals surface area contributed by atoms with E-state index in [0.29, 0.717) is 30.1 Å². The molecular weight excluding hydrogens is 356 g/mol. The summed E-state index contributed by atoms with van der Waals surface area (Å²) in [5.74, 6) is 0.813. The normalized spacial score (nSPS) is 16.8. The molecule has 28 heavy (non-hydrogen) atoms. The van der Waals surface area contributed by atoms with Gasteiger partial charge < -0.3 is 19.3 Å². The molecule has 1 aliphatic heterocycles. The van der Waals surface area contributed by atoms with E-state index in [-0.39, 0.29) is 6.10 Å². The molecule has 1 heterocycles. The highest BCUT2D eigenvalue weighted by molar-refractivity contribution is 5.96. The Kier molecular flexibility index (Phi) is 6.40. The number of esters is 1. The predicted molar refractivity (Wildman–Crippen MR) is 111 cm³/mol. The summed E-state index contributed by atoms with van der Waals surface area (Å²) < 4.78 is 16.7. The summed E-state index contributed by atoms with van der Waals surface area (Å²) in [6.07, 6.45) is 5.35. The minimum absolute atomic E-state index is 0.312. The Morgan fingerprint density at radius 1 is 1.32 bits per heavy atom. The van der Waals surface area contributed by atoms with Crippen molar-refractivity contribution < 1.29 is 24.1 Å². The number of ether oxygens (including phenoxy) is 3. The lowest BCUT2D eigenvalue weighted by atomic mass is 9.83. The molecule has 0 unspecified atom stereocenters. The third-order valence-electron chi connectivity index (χ3n) is 4.92. The van der Waals surface area contributed by atoms with E-state index in [1.54, 1.807) is 38.1 Å². The van der Waals surface area contributed by atoms with Gasteiger partial charge in [-0.3, -0.25) is 0 Å². The maximum Gasteiger partial charge on any atom is 0.334 e. The molecule has 5 nitrogen and oxygen atoms in total. The van der Waals surface area contributed by atoms with Crippen LogP contribution in [-0.4, -0.2) is 36.5 Å². The molecule has 1 aromatic rings. The van der Waals surface area contributed by atoms with Crippen molar-refractivity contribution in [3.63, 3.8) is 0 Å². The number of benzene rings is 1. The topological polar surface area (TPSA) is 65.0 Å². The van der Waals surface area contributed by atoms with Gasteiger partial charge in [0, 0.05) is 29.0 Å². The van der Waals surface area contributed by atoms with Crippen LogP contribution in [0.1, 0.15) is 38.8 Å². The summed E-state index contributed by atoms with van der Waals surface area (Å²) in [5, 5.41) is 10.3. The second kappa shape index (κ2) is 8.23. The molecule has 1 aromatic carbocycles. The fraction of sp³-hybridized carbons (Fsp3) is 0.435. The van der Waals surface area contributed by atoms with Crippen molar-refractivity contribution in [1.82, 2.24) is 0 Å². The van der Waals surface area contributed by atoms with E-state index in [0.717, 1.165) is 11.1 Å². The Balaban J connectivity index is 2.57. The number of hydrogen-bond acceptors (Lipinski definition) is 5. The molecule has 1 aliphatic rings. The van der Waals surface area contributed by atoms with E-state index >= 15 is 0 Å². The molecular formula is C23H30O5. The number of rotatable bonds is 8. The first-order chi connectivity index (χ1) is 13.0. The number of carbonyl (C=O) groups is 1. The fourth-order valence-electron chi connectivity index (χ4n) is 2.95. The number of hydrogen-bond donors (Lipinski definition) is 1. The molecule has 0 aromatic heterocycles. The van der Waals surface area contributed by atoms with Crippen LogP contribution in [0, 0.1) is 5.41 Å². The molecule has 0 aliphatic carbocycles. The Bertz CT molecular complexity index is 796. The first-order valence-corrected chi connectivity index (χ1v) is 9.27.